The van der Waals surface area contributed by atoms with E-state index in [1.165, 1.54) is 11.3 Å². The van der Waals surface area contributed by atoms with Crippen LogP contribution in [0.25, 0.3) is 16.2 Å². The second kappa shape index (κ2) is 6.84. The van der Waals surface area contributed by atoms with E-state index in [2.05, 4.69) is 10.1 Å². The molecular weight excluding hydrogens is 358 g/mol. The second-order valence-electron chi connectivity index (χ2n) is 5.45. The van der Waals surface area contributed by atoms with E-state index in [1.54, 1.807) is 4.52 Å². The highest BCUT2D eigenvalue weighted by molar-refractivity contribution is 7.18. The number of hydrogen-bond donors (Lipinski definition) is 1. The lowest BCUT2D eigenvalue weighted by atomic mass is 10.1. The van der Waals surface area contributed by atoms with Crippen LogP contribution in [0.4, 0.5) is 0 Å². The van der Waals surface area contributed by atoms with Gasteiger partial charge in [-0.3, -0.25) is 0 Å². The minimum atomic E-state index is 0.139. The van der Waals surface area contributed by atoms with Crippen LogP contribution in [0.1, 0.15) is 5.56 Å². The number of imidazole rings is 1. The zero-order valence-electron chi connectivity index (χ0n) is 13.1. The average Bonchev–Trinajstić information content (AvgIpc) is 3.16. The summed E-state index contributed by atoms with van der Waals surface area (Å²) >= 11 is 7.29. The van der Waals surface area contributed by atoms with Crippen LogP contribution in [0.3, 0.4) is 0 Å². The van der Waals surface area contributed by atoms with Crippen LogP contribution < -0.4 is 4.74 Å². The number of halogens is 1. The van der Waals surface area contributed by atoms with Crippen LogP contribution in [0.15, 0.2) is 54.7 Å². The van der Waals surface area contributed by atoms with E-state index in [4.69, 9.17) is 21.4 Å². The van der Waals surface area contributed by atoms with Crippen molar-refractivity contribution in [1.29, 1.82) is 0 Å². The fourth-order valence-corrected chi connectivity index (χ4v) is 3.32. The molecule has 1 N–H and O–H groups in total. The largest absolute Gasteiger partial charge is 0.430 e. The molecule has 0 aliphatic carbocycles. The fourth-order valence-electron chi connectivity index (χ4n) is 2.44. The van der Waals surface area contributed by atoms with Gasteiger partial charge in [0.1, 0.15) is 5.75 Å². The molecule has 0 aliphatic heterocycles. The highest BCUT2D eigenvalue weighted by Gasteiger charge is 2.11. The number of aliphatic hydroxyl groups is 1. The van der Waals surface area contributed by atoms with E-state index in [1.807, 2.05) is 54.7 Å². The Morgan fingerprint density at radius 2 is 1.84 bits per heavy atom. The van der Waals surface area contributed by atoms with Gasteiger partial charge in [-0.15, -0.1) is 5.10 Å². The Balaban J connectivity index is 1.53. The monoisotopic (exact) mass is 371 g/mol. The van der Waals surface area contributed by atoms with Gasteiger partial charge >= 0.3 is 0 Å². The maximum Gasteiger partial charge on any atom is 0.299 e. The predicted octanol–water partition coefficient (Wildman–Crippen LogP) is 4.44. The van der Waals surface area contributed by atoms with Crippen LogP contribution in [-0.2, 0) is 6.42 Å². The Kier molecular flexibility index (Phi) is 4.40. The standard InChI is InChI=1S/C18H14ClN3O2S/c19-14-5-3-13(4-6-14)16-11-22-17(20-16)25-18(21-22)24-15-7-1-12(2-8-15)9-10-23/h1-8,11,23H,9-10H2. The molecule has 0 radical (unpaired) electrons. The van der Waals surface area contributed by atoms with Crippen molar-refractivity contribution >= 4 is 27.9 Å². The molecule has 25 heavy (non-hydrogen) atoms. The van der Waals surface area contributed by atoms with Crippen molar-refractivity contribution in [1.82, 2.24) is 14.6 Å². The normalized spacial score (nSPS) is 11.1. The highest BCUT2D eigenvalue weighted by atomic mass is 35.5. The van der Waals surface area contributed by atoms with E-state index in [0.29, 0.717) is 22.4 Å². The number of nitrogens with zero attached hydrogens (tertiary/aromatic N) is 3. The van der Waals surface area contributed by atoms with Gasteiger partial charge in [-0.1, -0.05) is 35.9 Å². The third-order valence-corrected chi connectivity index (χ3v) is 4.75. The topological polar surface area (TPSA) is 59.7 Å². The van der Waals surface area contributed by atoms with Gasteiger partial charge in [0.05, 0.1) is 11.9 Å². The van der Waals surface area contributed by atoms with Crippen molar-refractivity contribution in [2.45, 2.75) is 6.42 Å². The molecule has 7 heteroatoms. The van der Waals surface area contributed by atoms with E-state index in [0.717, 1.165) is 21.8 Å². The number of ether oxygens (including phenoxy) is 1. The SMILES string of the molecule is OCCc1ccc(Oc2nn3cc(-c4ccc(Cl)cc4)nc3s2)cc1. The van der Waals surface area contributed by atoms with Crippen molar-refractivity contribution in [2.24, 2.45) is 0 Å². The maximum absolute atomic E-state index is 8.94. The average molecular weight is 372 g/mol. The van der Waals surface area contributed by atoms with Crippen LogP contribution in [0.2, 0.25) is 5.02 Å². The Hall–Kier alpha value is -2.41. The third-order valence-electron chi connectivity index (χ3n) is 3.69. The summed E-state index contributed by atoms with van der Waals surface area (Å²) < 4.78 is 7.50. The number of benzene rings is 2. The Morgan fingerprint density at radius 1 is 1.08 bits per heavy atom. The molecule has 4 rings (SSSR count). The minimum absolute atomic E-state index is 0.139. The minimum Gasteiger partial charge on any atom is -0.430 e. The first-order valence-electron chi connectivity index (χ1n) is 7.71. The molecule has 0 amide bonds. The molecule has 126 valence electrons. The lowest BCUT2D eigenvalue weighted by molar-refractivity contribution is 0.299. The quantitative estimate of drug-likeness (QED) is 0.563. The van der Waals surface area contributed by atoms with Crippen molar-refractivity contribution in [2.75, 3.05) is 6.61 Å². The van der Waals surface area contributed by atoms with E-state index < -0.39 is 0 Å². The van der Waals surface area contributed by atoms with Gasteiger partial charge in [0.15, 0.2) is 0 Å². The number of hydrogen-bond acceptors (Lipinski definition) is 5. The molecule has 0 unspecified atom stereocenters. The summed E-state index contributed by atoms with van der Waals surface area (Å²) in [5.74, 6) is 0.705. The van der Waals surface area contributed by atoms with E-state index in [9.17, 15) is 0 Å². The lowest BCUT2D eigenvalue weighted by Crippen LogP contribution is -1.90. The molecule has 0 aliphatic rings. The van der Waals surface area contributed by atoms with Crippen molar-refractivity contribution < 1.29 is 9.84 Å². The van der Waals surface area contributed by atoms with Gasteiger partial charge in [-0.2, -0.15) is 0 Å². The van der Waals surface area contributed by atoms with Crippen molar-refractivity contribution in [3.63, 3.8) is 0 Å². The first-order valence-corrected chi connectivity index (χ1v) is 8.90. The summed E-state index contributed by atoms with van der Waals surface area (Å²) in [6.45, 7) is 0.139. The Morgan fingerprint density at radius 3 is 2.52 bits per heavy atom. The molecule has 4 aromatic rings. The maximum atomic E-state index is 8.94. The summed E-state index contributed by atoms with van der Waals surface area (Å²) in [5.41, 5.74) is 2.90. The van der Waals surface area contributed by atoms with Crippen molar-refractivity contribution in [3.8, 4) is 22.2 Å². The number of fused-ring (bicyclic) bond motifs is 1. The molecule has 0 fully saturated rings. The summed E-state index contributed by atoms with van der Waals surface area (Å²) in [7, 11) is 0. The zero-order valence-corrected chi connectivity index (χ0v) is 14.7. The highest BCUT2D eigenvalue weighted by Crippen LogP contribution is 2.29. The van der Waals surface area contributed by atoms with Gasteiger partial charge in [-0.25, -0.2) is 9.50 Å². The van der Waals surface area contributed by atoms with Gasteiger partial charge in [0.2, 0.25) is 4.96 Å². The predicted molar refractivity (Wildman–Crippen MR) is 98.6 cm³/mol. The third kappa shape index (κ3) is 3.51. The van der Waals surface area contributed by atoms with Crippen LogP contribution in [0, 0.1) is 0 Å². The second-order valence-corrected chi connectivity index (χ2v) is 6.80. The smallest absolute Gasteiger partial charge is 0.299 e. The molecule has 0 saturated heterocycles. The Labute approximate surface area is 153 Å². The molecule has 5 nitrogen and oxygen atoms in total. The summed E-state index contributed by atoms with van der Waals surface area (Å²) in [6, 6.07) is 15.1. The molecule has 2 heterocycles. The molecule has 0 saturated carbocycles. The number of aliphatic hydroxyl groups excluding tert-OH is 1. The van der Waals surface area contributed by atoms with Crippen LogP contribution in [0.5, 0.6) is 10.9 Å². The molecule has 2 aromatic carbocycles. The molecule has 0 spiro atoms. The molecule has 2 aromatic heterocycles. The first kappa shape index (κ1) is 16.1. The summed E-state index contributed by atoms with van der Waals surface area (Å²) in [6.07, 6.45) is 2.51. The van der Waals surface area contributed by atoms with Gasteiger partial charge in [0.25, 0.3) is 5.19 Å². The zero-order chi connectivity index (χ0) is 17.2. The van der Waals surface area contributed by atoms with Gasteiger partial charge < -0.3 is 9.84 Å². The number of aromatic nitrogens is 3. The fraction of sp³-hybridized carbons (Fsp3) is 0.111. The van der Waals surface area contributed by atoms with E-state index >= 15 is 0 Å². The van der Waals surface area contributed by atoms with E-state index in [-0.39, 0.29) is 6.61 Å². The van der Waals surface area contributed by atoms with Crippen LogP contribution in [-0.4, -0.2) is 26.3 Å². The summed E-state index contributed by atoms with van der Waals surface area (Å²) in [5, 5.41) is 14.6. The van der Waals surface area contributed by atoms with Gasteiger partial charge in [-0.05, 0) is 47.6 Å². The van der Waals surface area contributed by atoms with Crippen LogP contribution >= 0.6 is 22.9 Å². The Bertz CT molecular complexity index is 962. The molecular formula is C18H14ClN3O2S. The molecule has 0 atom stereocenters. The number of rotatable bonds is 5. The van der Waals surface area contributed by atoms with Crippen molar-refractivity contribution in [3.05, 3.63) is 65.3 Å². The summed E-state index contributed by atoms with van der Waals surface area (Å²) in [4.78, 5) is 5.34. The lowest BCUT2D eigenvalue weighted by Gasteiger charge is -2.02. The molecule has 0 bridgehead atoms. The first-order chi connectivity index (χ1) is 12.2. The van der Waals surface area contributed by atoms with Gasteiger partial charge in [0, 0.05) is 17.2 Å².